The summed E-state index contributed by atoms with van der Waals surface area (Å²) in [6, 6.07) is 0. The molecule has 64 heavy (non-hydrogen) atoms. The Morgan fingerprint density at radius 1 is 0.531 bits per heavy atom. The average Bonchev–Trinajstić information content (AvgIpc) is 3.26. The molecule has 12 nitrogen and oxygen atoms in total. The molecule has 2 unspecified atom stereocenters. The van der Waals surface area contributed by atoms with Crippen LogP contribution >= 0.6 is 0 Å². The Balaban J connectivity index is 2.48. The molecule has 0 aromatic carbocycles. The molecule has 0 saturated carbocycles. The zero-order chi connectivity index (χ0) is 46.9. The molecule has 1 fully saturated rings. The fraction of sp³-hybridized carbons (Fsp3) is 0.686. The van der Waals surface area contributed by atoms with E-state index in [9.17, 15) is 37.9 Å². The van der Waals surface area contributed by atoms with Crippen molar-refractivity contribution in [3.05, 3.63) is 85.1 Å². The Morgan fingerprint density at radius 2 is 0.969 bits per heavy atom. The fourth-order valence-corrected chi connectivity index (χ4v) is 7.38. The SMILES string of the molecule is CCCCC/C=C/C/C=C/C/C=C/C/C=C/C/C=C/CCC(=O)OC[C@H](CO[C@H]1O[C@H](CS(=O)(=O)O)[C@@H](O)C(O)C1O)OC(=O)CCCCCCCCC/C=C/C/C=C/CCCCC. The summed E-state index contributed by atoms with van der Waals surface area (Å²) in [4.78, 5) is 25.4. The first kappa shape index (κ1) is 58.8. The first-order valence-electron chi connectivity index (χ1n) is 24.1. The van der Waals surface area contributed by atoms with Crippen molar-refractivity contribution in [1.29, 1.82) is 0 Å². The number of carbonyl (C=O) groups is 2. The van der Waals surface area contributed by atoms with Crippen molar-refractivity contribution in [3.8, 4) is 0 Å². The van der Waals surface area contributed by atoms with Crippen LogP contribution in [-0.4, -0.2) is 96.0 Å². The van der Waals surface area contributed by atoms with Crippen LogP contribution in [0.5, 0.6) is 0 Å². The smallest absolute Gasteiger partial charge is 0.306 e. The number of rotatable bonds is 39. The predicted molar refractivity (Wildman–Crippen MR) is 256 cm³/mol. The number of allylic oxidation sites excluding steroid dienone is 14. The standard InChI is InChI=1S/C51H84O12S/c1-3-5-7-9-11-13-15-17-19-21-22-24-25-27-29-31-33-35-37-39-46(52)60-41-44(42-61-51-50(56)49(55)48(54)45(63-51)43-64(57,58)59)62-47(53)40-38-36-34-32-30-28-26-23-20-18-16-14-12-10-8-6-4-2/h11-14,17-20,22,24,27,29,33,35,44-45,48-51,54-56H,3-10,15-16,21,23,25-26,28,30-32,34,36-43H2,1-2H3,(H,57,58,59)/b13-11+,14-12+,19-17+,20-18+,24-22+,29-27+,35-33+/t44-,45-,48-,49?,50?,51+/m1/s1. The summed E-state index contributed by atoms with van der Waals surface area (Å²) in [5.41, 5.74) is 0. The lowest BCUT2D eigenvalue weighted by atomic mass is 10.00. The van der Waals surface area contributed by atoms with Crippen molar-refractivity contribution >= 4 is 22.1 Å². The highest BCUT2D eigenvalue weighted by atomic mass is 32.2. The van der Waals surface area contributed by atoms with Crippen molar-refractivity contribution in [2.75, 3.05) is 19.0 Å². The Hall–Kier alpha value is -3.17. The van der Waals surface area contributed by atoms with E-state index in [0.29, 0.717) is 12.8 Å². The van der Waals surface area contributed by atoms with Crippen LogP contribution in [0.3, 0.4) is 0 Å². The van der Waals surface area contributed by atoms with Gasteiger partial charge in [-0.1, -0.05) is 157 Å². The molecule has 1 saturated heterocycles. The van der Waals surface area contributed by atoms with E-state index < -0.39 is 71.2 Å². The number of hydrogen-bond donors (Lipinski definition) is 4. The van der Waals surface area contributed by atoms with Crippen LogP contribution in [0.15, 0.2) is 85.1 Å². The van der Waals surface area contributed by atoms with Gasteiger partial charge < -0.3 is 34.3 Å². The van der Waals surface area contributed by atoms with E-state index in [1.165, 1.54) is 38.5 Å². The van der Waals surface area contributed by atoms with Gasteiger partial charge in [-0.2, -0.15) is 8.42 Å². The Bertz CT molecular complexity index is 1500. The van der Waals surface area contributed by atoms with E-state index in [4.69, 9.17) is 18.9 Å². The van der Waals surface area contributed by atoms with Gasteiger partial charge in [0.1, 0.15) is 36.8 Å². The summed E-state index contributed by atoms with van der Waals surface area (Å²) < 4.78 is 54.1. The summed E-state index contributed by atoms with van der Waals surface area (Å²) in [6.45, 7) is 3.63. The molecule has 0 amide bonds. The van der Waals surface area contributed by atoms with Gasteiger partial charge in [-0.15, -0.1) is 0 Å². The van der Waals surface area contributed by atoms with Gasteiger partial charge in [-0.05, 0) is 83.5 Å². The minimum absolute atomic E-state index is 0.0893. The lowest BCUT2D eigenvalue weighted by Crippen LogP contribution is -2.60. The predicted octanol–water partition coefficient (Wildman–Crippen LogP) is 10.4. The Morgan fingerprint density at radius 3 is 1.45 bits per heavy atom. The monoisotopic (exact) mass is 921 g/mol. The molecule has 0 radical (unpaired) electrons. The molecule has 366 valence electrons. The number of hydrogen-bond acceptors (Lipinski definition) is 11. The van der Waals surface area contributed by atoms with Gasteiger partial charge >= 0.3 is 11.9 Å². The topological polar surface area (TPSA) is 186 Å². The van der Waals surface area contributed by atoms with Gasteiger partial charge in [-0.25, -0.2) is 0 Å². The van der Waals surface area contributed by atoms with Gasteiger partial charge in [0.25, 0.3) is 10.1 Å². The third-order valence-corrected chi connectivity index (χ3v) is 11.2. The van der Waals surface area contributed by atoms with Gasteiger partial charge in [0.05, 0.1) is 6.61 Å². The second kappa shape index (κ2) is 40.1. The number of esters is 2. The van der Waals surface area contributed by atoms with Crippen molar-refractivity contribution in [1.82, 2.24) is 0 Å². The molecule has 0 aromatic rings. The number of carbonyl (C=O) groups excluding carboxylic acids is 2. The molecular formula is C51H84O12S. The molecule has 1 rings (SSSR count). The van der Waals surface area contributed by atoms with Crippen molar-refractivity contribution < 1.29 is 56.8 Å². The van der Waals surface area contributed by atoms with E-state index in [-0.39, 0.29) is 19.4 Å². The van der Waals surface area contributed by atoms with Crippen LogP contribution in [0.25, 0.3) is 0 Å². The lowest BCUT2D eigenvalue weighted by molar-refractivity contribution is -0.297. The highest BCUT2D eigenvalue weighted by Gasteiger charge is 2.46. The number of aliphatic hydroxyl groups excluding tert-OH is 3. The van der Waals surface area contributed by atoms with E-state index in [1.54, 1.807) is 0 Å². The van der Waals surface area contributed by atoms with E-state index in [1.807, 2.05) is 12.2 Å². The molecule has 4 N–H and O–H groups in total. The summed E-state index contributed by atoms with van der Waals surface area (Å²) in [7, 11) is -4.62. The molecule has 13 heteroatoms. The second-order valence-electron chi connectivity index (χ2n) is 16.4. The number of unbranched alkanes of at least 4 members (excludes halogenated alkanes) is 13. The molecule has 0 bridgehead atoms. The van der Waals surface area contributed by atoms with Crippen LogP contribution in [0, 0.1) is 0 Å². The first-order chi connectivity index (χ1) is 31.0. The normalized spacial score (nSPS) is 20.4. The maximum atomic E-state index is 12.8. The minimum atomic E-state index is -4.62. The van der Waals surface area contributed by atoms with E-state index in [2.05, 4.69) is 86.8 Å². The molecule has 6 atom stereocenters. The number of aliphatic hydroxyl groups is 3. The maximum absolute atomic E-state index is 12.8. The molecule has 1 aliphatic rings. The van der Waals surface area contributed by atoms with E-state index in [0.717, 1.165) is 89.9 Å². The van der Waals surface area contributed by atoms with Crippen LogP contribution in [0.2, 0.25) is 0 Å². The van der Waals surface area contributed by atoms with E-state index >= 15 is 0 Å². The van der Waals surface area contributed by atoms with Crippen molar-refractivity contribution in [3.63, 3.8) is 0 Å². The maximum Gasteiger partial charge on any atom is 0.306 e. The summed E-state index contributed by atoms with van der Waals surface area (Å²) >= 11 is 0. The van der Waals surface area contributed by atoms with Crippen molar-refractivity contribution in [2.24, 2.45) is 0 Å². The molecular weight excluding hydrogens is 837 g/mol. The summed E-state index contributed by atoms with van der Waals surface area (Å²) in [6.07, 6.45) is 43.4. The summed E-state index contributed by atoms with van der Waals surface area (Å²) in [5.74, 6) is -2.11. The molecule has 0 spiro atoms. The quantitative estimate of drug-likeness (QED) is 0.0198. The highest BCUT2D eigenvalue weighted by molar-refractivity contribution is 7.85. The third-order valence-electron chi connectivity index (χ3n) is 10.5. The molecule has 0 aromatic heterocycles. The van der Waals surface area contributed by atoms with Gasteiger partial charge in [0.2, 0.25) is 0 Å². The Kier molecular flexibility index (Phi) is 36.9. The largest absolute Gasteiger partial charge is 0.462 e. The van der Waals surface area contributed by atoms with Gasteiger partial charge in [-0.3, -0.25) is 14.1 Å². The zero-order valence-corrected chi connectivity index (χ0v) is 39.9. The highest BCUT2D eigenvalue weighted by Crippen LogP contribution is 2.24. The summed E-state index contributed by atoms with van der Waals surface area (Å²) in [5, 5.41) is 30.9. The van der Waals surface area contributed by atoms with Crippen LogP contribution in [-0.2, 0) is 38.7 Å². The molecule has 0 aliphatic carbocycles. The average molecular weight is 921 g/mol. The van der Waals surface area contributed by atoms with Crippen LogP contribution in [0.1, 0.15) is 168 Å². The van der Waals surface area contributed by atoms with Crippen LogP contribution in [0.4, 0.5) is 0 Å². The van der Waals surface area contributed by atoms with Gasteiger partial charge in [0, 0.05) is 12.8 Å². The fourth-order valence-electron chi connectivity index (χ4n) is 6.69. The lowest BCUT2D eigenvalue weighted by Gasteiger charge is -2.40. The Labute approximate surface area is 386 Å². The van der Waals surface area contributed by atoms with Gasteiger partial charge in [0.15, 0.2) is 12.4 Å². The first-order valence-corrected chi connectivity index (χ1v) is 25.8. The second-order valence-corrected chi connectivity index (χ2v) is 17.9. The third kappa shape index (κ3) is 34.2. The number of ether oxygens (including phenoxy) is 4. The minimum Gasteiger partial charge on any atom is -0.462 e. The van der Waals surface area contributed by atoms with Crippen molar-refractivity contribution in [2.45, 2.75) is 205 Å². The zero-order valence-electron chi connectivity index (χ0n) is 39.1. The molecule has 1 heterocycles. The van der Waals surface area contributed by atoms with Crippen LogP contribution < -0.4 is 0 Å². The molecule has 1 aliphatic heterocycles.